The Kier molecular flexibility index (Phi) is 7.70. The molecule has 2 rings (SSSR count). The van der Waals surface area contributed by atoms with E-state index in [1.165, 1.54) is 18.0 Å². The van der Waals surface area contributed by atoms with Crippen LogP contribution in [0.2, 0.25) is 5.02 Å². The summed E-state index contributed by atoms with van der Waals surface area (Å²) in [4.78, 5) is 28.4. The Balaban J connectivity index is 2.00. The predicted octanol–water partition coefficient (Wildman–Crippen LogP) is 2.59. The SMILES string of the molecule is Cc1ccc(NC(=O)CSc2ncc(CO)n2CC(=O)NC(C)C)cc1Cl. The molecule has 7 nitrogen and oxygen atoms in total. The molecule has 0 saturated carbocycles. The Hall–Kier alpha value is -2.03. The summed E-state index contributed by atoms with van der Waals surface area (Å²) < 4.78 is 1.61. The van der Waals surface area contributed by atoms with Crippen molar-refractivity contribution in [3.05, 3.63) is 40.7 Å². The highest BCUT2D eigenvalue weighted by Crippen LogP contribution is 2.22. The van der Waals surface area contributed by atoms with E-state index in [1.807, 2.05) is 26.8 Å². The van der Waals surface area contributed by atoms with Crippen molar-refractivity contribution >= 4 is 40.9 Å². The molecule has 0 atom stereocenters. The van der Waals surface area contributed by atoms with Crippen LogP contribution in [-0.2, 0) is 22.7 Å². The Morgan fingerprint density at radius 1 is 1.33 bits per heavy atom. The van der Waals surface area contributed by atoms with Crippen LogP contribution >= 0.6 is 23.4 Å². The first kappa shape index (κ1) is 21.3. The summed E-state index contributed by atoms with van der Waals surface area (Å²) in [6.07, 6.45) is 1.50. The summed E-state index contributed by atoms with van der Waals surface area (Å²) in [5, 5.41) is 16.1. The maximum absolute atomic E-state index is 12.2. The van der Waals surface area contributed by atoms with Gasteiger partial charge < -0.3 is 20.3 Å². The molecule has 1 aromatic carbocycles. The number of hydrogen-bond acceptors (Lipinski definition) is 5. The molecule has 2 amide bonds. The van der Waals surface area contributed by atoms with E-state index in [0.29, 0.717) is 21.6 Å². The maximum atomic E-state index is 12.2. The van der Waals surface area contributed by atoms with Crippen LogP contribution in [0.3, 0.4) is 0 Å². The number of aliphatic hydroxyl groups excluding tert-OH is 1. The number of nitrogens with one attached hydrogen (secondary N) is 2. The molecule has 0 spiro atoms. The number of aromatic nitrogens is 2. The number of hydrogen-bond donors (Lipinski definition) is 3. The molecule has 0 aliphatic heterocycles. The summed E-state index contributed by atoms with van der Waals surface area (Å²) >= 11 is 7.26. The normalized spacial score (nSPS) is 10.9. The first-order valence-electron chi connectivity index (χ1n) is 8.43. The van der Waals surface area contributed by atoms with E-state index in [2.05, 4.69) is 15.6 Å². The third-order valence-electron chi connectivity index (χ3n) is 3.60. The molecule has 0 bridgehead atoms. The monoisotopic (exact) mass is 410 g/mol. The predicted molar refractivity (Wildman–Crippen MR) is 107 cm³/mol. The van der Waals surface area contributed by atoms with Crippen LogP contribution in [0.4, 0.5) is 5.69 Å². The van der Waals surface area contributed by atoms with E-state index >= 15 is 0 Å². The number of carbonyl (C=O) groups excluding carboxylic acids is 2. The zero-order chi connectivity index (χ0) is 20.0. The lowest BCUT2D eigenvalue weighted by molar-refractivity contribution is -0.122. The number of aliphatic hydroxyl groups is 1. The first-order valence-corrected chi connectivity index (χ1v) is 9.80. The van der Waals surface area contributed by atoms with Crippen molar-refractivity contribution in [2.45, 2.75) is 45.1 Å². The average molecular weight is 411 g/mol. The lowest BCUT2D eigenvalue weighted by atomic mass is 10.2. The van der Waals surface area contributed by atoms with Gasteiger partial charge in [0.05, 0.1) is 24.3 Å². The van der Waals surface area contributed by atoms with Crippen molar-refractivity contribution in [3.8, 4) is 0 Å². The van der Waals surface area contributed by atoms with Gasteiger partial charge in [0.25, 0.3) is 0 Å². The quantitative estimate of drug-likeness (QED) is 0.581. The van der Waals surface area contributed by atoms with Crippen LogP contribution in [0.1, 0.15) is 25.1 Å². The number of aryl methyl sites for hydroxylation is 1. The second kappa shape index (κ2) is 9.77. The second-order valence-corrected chi connectivity index (χ2v) is 7.65. The maximum Gasteiger partial charge on any atom is 0.240 e. The van der Waals surface area contributed by atoms with E-state index in [0.717, 1.165) is 5.56 Å². The van der Waals surface area contributed by atoms with Gasteiger partial charge in [0.2, 0.25) is 11.8 Å². The number of thioether (sulfide) groups is 1. The zero-order valence-electron chi connectivity index (χ0n) is 15.5. The van der Waals surface area contributed by atoms with Gasteiger partial charge in [-0.25, -0.2) is 4.98 Å². The lowest BCUT2D eigenvalue weighted by Crippen LogP contribution is -2.33. The minimum Gasteiger partial charge on any atom is -0.390 e. The fraction of sp³-hybridized carbons (Fsp3) is 0.389. The number of anilines is 1. The summed E-state index contributed by atoms with van der Waals surface area (Å²) in [6, 6.07) is 5.33. The molecular formula is C18H23ClN4O3S. The molecule has 2 aromatic rings. The Morgan fingerprint density at radius 3 is 2.70 bits per heavy atom. The van der Waals surface area contributed by atoms with Crippen LogP contribution in [0.15, 0.2) is 29.6 Å². The highest BCUT2D eigenvalue weighted by molar-refractivity contribution is 7.99. The largest absolute Gasteiger partial charge is 0.390 e. The molecule has 0 unspecified atom stereocenters. The molecule has 1 aromatic heterocycles. The fourth-order valence-electron chi connectivity index (χ4n) is 2.31. The molecule has 0 fully saturated rings. The molecule has 27 heavy (non-hydrogen) atoms. The Morgan fingerprint density at radius 2 is 2.07 bits per heavy atom. The van der Waals surface area contributed by atoms with Crippen molar-refractivity contribution in [1.29, 1.82) is 0 Å². The first-order chi connectivity index (χ1) is 12.8. The topological polar surface area (TPSA) is 96.2 Å². The molecule has 0 radical (unpaired) electrons. The van der Waals surface area contributed by atoms with Crippen molar-refractivity contribution in [1.82, 2.24) is 14.9 Å². The molecule has 1 heterocycles. The van der Waals surface area contributed by atoms with Crippen LogP contribution in [0.25, 0.3) is 0 Å². The number of imidazole rings is 1. The summed E-state index contributed by atoms with van der Waals surface area (Å²) in [7, 11) is 0. The smallest absolute Gasteiger partial charge is 0.240 e. The van der Waals surface area contributed by atoms with Gasteiger partial charge in [-0.1, -0.05) is 29.4 Å². The molecule has 0 aliphatic rings. The number of carbonyl (C=O) groups is 2. The van der Waals surface area contributed by atoms with Gasteiger partial charge in [0, 0.05) is 16.8 Å². The Labute approximate surface area is 167 Å². The van der Waals surface area contributed by atoms with Crippen LogP contribution in [-0.4, -0.2) is 38.3 Å². The number of nitrogens with zero attached hydrogens (tertiary/aromatic N) is 2. The number of benzene rings is 1. The molecule has 3 N–H and O–H groups in total. The van der Waals surface area contributed by atoms with Gasteiger partial charge in [-0.05, 0) is 38.5 Å². The highest BCUT2D eigenvalue weighted by Gasteiger charge is 2.15. The van der Waals surface area contributed by atoms with E-state index < -0.39 is 0 Å². The van der Waals surface area contributed by atoms with Crippen molar-refractivity contribution in [2.24, 2.45) is 0 Å². The highest BCUT2D eigenvalue weighted by atomic mass is 35.5. The summed E-state index contributed by atoms with van der Waals surface area (Å²) in [5.41, 5.74) is 2.07. The van der Waals surface area contributed by atoms with Gasteiger partial charge in [0.15, 0.2) is 5.16 Å². The van der Waals surface area contributed by atoms with E-state index in [1.54, 1.807) is 16.7 Å². The molecule has 146 valence electrons. The van der Waals surface area contributed by atoms with Gasteiger partial charge in [0.1, 0.15) is 6.54 Å². The third kappa shape index (κ3) is 6.27. The van der Waals surface area contributed by atoms with Crippen molar-refractivity contribution in [3.63, 3.8) is 0 Å². The Bertz CT molecular complexity index is 823. The standard InChI is InChI=1S/C18H23ClN4O3S/c1-11(2)21-16(25)8-23-14(9-24)7-20-18(23)27-10-17(26)22-13-5-4-12(3)15(19)6-13/h4-7,11,24H,8-10H2,1-3H3,(H,21,25)(H,22,26). The zero-order valence-corrected chi connectivity index (χ0v) is 17.0. The molecule has 0 saturated heterocycles. The van der Waals surface area contributed by atoms with Gasteiger partial charge >= 0.3 is 0 Å². The summed E-state index contributed by atoms with van der Waals surface area (Å²) in [6.45, 7) is 5.42. The van der Waals surface area contributed by atoms with Gasteiger partial charge in [-0.2, -0.15) is 0 Å². The third-order valence-corrected chi connectivity index (χ3v) is 5.00. The van der Waals surface area contributed by atoms with Crippen LogP contribution in [0.5, 0.6) is 0 Å². The summed E-state index contributed by atoms with van der Waals surface area (Å²) in [5.74, 6) is -0.288. The molecule has 0 aliphatic carbocycles. The number of amides is 2. The van der Waals surface area contributed by atoms with Crippen molar-refractivity contribution in [2.75, 3.05) is 11.1 Å². The fourth-order valence-corrected chi connectivity index (χ4v) is 3.29. The minimum absolute atomic E-state index is 0.0156. The van der Waals surface area contributed by atoms with Gasteiger partial charge in [-0.3, -0.25) is 9.59 Å². The van der Waals surface area contributed by atoms with Crippen molar-refractivity contribution < 1.29 is 14.7 Å². The van der Waals surface area contributed by atoms with E-state index in [9.17, 15) is 14.7 Å². The van der Waals surface area contributed by atoms with Crippen LogP contribution < -0.4 is 10.6 Å². The second-order valence-electron chi connectivity index (χ2n) is 6.30. The molecule has 9 heteroatoms. The van der Waals surface area contributed by atoms with E-state index in [-0.39, 0.29) is 36.8 Å². The number of rotatable bonds is 8. The van der Waals surface area contributed by atoms with Gasteiger partial charge in [-0.15, -0.1) is 0 Å². The molecular weight excluding hydrogens is 388 g/mol. The lowest BCUT2D eigenvalue weighted by Gasteiger charge is -2.13. The van der Waals surface area contributed by atoms with Crippen LogP contribution in [0, 0.1) is 6.92 Å². The number of halogens is 1. The average Bonchev–Trinajstić information content (AvgIpc) is 2.97. The minimum atomic E-state index is -0.240. The van der Waals surface area contributed by atoms with E-state index in [4.69, 9.17) is 11.6 Å².